The molecule has 1 N–H and O–H groups in total. The minimum atomic E-state index is -0.110. The number of aromatic nitrogens is 4. The molecule has 0 bridgehead atoms. The minimum Gasteiger partial charge on any atom is -0.439 e. The second-order valence-electron chi connectivity index (χ2n) is 7.03. The number of benzene rings is 2. The molecule has 0 unspecified atom stereocenters. The van der Waals surface area contributed by atoms with Crippen molar-refractivity contribution in [2.75, 3.05) is 5.32 Å². The Balaban J connectivity index is 1.39. The molecule has 0 aliphatic rings. The Bertz CT molecular complexity index is 1200. The number of carbonyl (C=O) groups excluding carboxylic acids is 1. The third kappa shape index (κ3) is 5.26. The van der Waals surface area contributed by atoms with Gasteiger partial charge in [-0.25, -0.2) is 14.6 Å². The molecular formula is C23H20ClN5O2. The average molecular weight is 434 g/mol. The molecule has 0 saturated heterocycles. The monoisotopic (exact) mass is 433 g/mol. The van der Waals surface area contributed by atoms with Gasteiger partial charge in [-0.05, 0) is 61.9 Å². The van der Waals surface area contributed by atoms with E-state index in [1.165, 1.54) is 6.33 Å². The SMILES string of the molecule is Cc1cc(C)n(-c2cc(Oc3ccc(NC(=O)Cc4ccc(Cl)cc4)cc3)ncn2)n1. The maximum atomic E-state index is 12.2. The van der Waals surface area contributed by atoms with Crippen LogP contribution >= 0.6 is 11.6 Å². The second-order valence-corrected chi connectivity index (χ2v) is 7.47. The smallest absolute Gasteiger partial charge is 0.228 e. The first-order valence-electron chi connectivity index (χ1n) is 9.64. The average Bonchev–Trinajstić information content (AvgIpc) is 3.09. The van der Waals surface area contributed by atoms with Crippen LogP contribution in [0.1, 0.15) is 17.0 Å². The Kier molecular flexibility index (Phi) is 5.95. The lowest BCUT2D eigenvalue weighted by Gasteiger charge is -2.09. The molecule has 2 aromatic carbocycles. The highest BCUT2D eigenvalue weighted by molar-refractivity contribution is 6.30. The van der Waals surface area contributed by atoms with Crippen LogP contribution in [0.2, 0.25) is 5.02 Å². The minimum absolute atomic E-state index is 0.110. The Morgan fingerprint density at radius 1 is 1.03 bits per heavy atom. The molecule has 0 atom stereocenters. The van der Waals surface area contributed by atoms with Gasteiger partial charge in [0.25, 0.3) is 0 Å². The van der Waals surface area contributed by atoms with Gasteiger partial charge in [-0.1, -0.05) is 23.7 Å². The lowest BCUT2D eigenvalue weighted by atomic mass is 10.1. The van der Waals surface area contributed by atoms with E-state index in [0.29, 0.717) is 28.2 Å². The summed E-state index contributed by atoms with van der Waals surface area (Å²) in [5.74, 6) is 1.51. The van der Waals surface area contributed by atoms with Crippen LogP contribution in [-0.4, -0.2) is 25.7 Å². The number of hydrogen-bond donors (Lipinski definition) is 1. The molecule has 156 valence electrons. The maximum absolute atomic E-state index is 12.2. The Hall–Kier alpha value is -3.71. The molecule has 2 heterocycles. The predicted molar refractivity (Wildman–Crippen MR) is 119 cm³/mol. The Labute approximate surface area is 184 Å². The number of ether oxygens (including phenoxy) is 1. The summed E-state index contributed by atoms with van der Waals surface area (Å²) >= 11 is 5.87. The maximum Gasteiger partial charge on any atom is 0.228 e. The van der Waals surface area contributed by atoms with Crippen molar-refractivity contribution in [3.8, 4) is 17.4 Å². The highest BCUT2D eigenvalue weighted by atomic mass is 35.5. The highest BCUT2D eigenvalue weighted by Crippen LogP contribution is 2.23. The number of anilines is 1. The largest absolute Gasteiger partial charge is 0.439 e. The molecule has 0 saturated carbocycles. The summed E-state index contributed by atoms with van der Waals surface area (Å²) in [4.78, 5) is 20.7. The molecular weight excluding hydrogens is 414 g/mol. The van der Waals surface area contributed by atoms with E-state index in [9.17, 15) is 4.79 Å². The van der Waals surface area contributed by atoms with Gasteiger partial charge < -0.3 is 10.1 Å². The van der Waals surface area contributed by atoms with Crippen molar-refractivity contribution in [2.24, 2.45) is 0 Å². The predicted octanol–water partition coefficient (Wildman–Crippen LogP) is 4.91. The summed E-state index contributed by atoms with van der Waals surface area (Å²) in [6, 6.07) is 18.0. The molecule has 4 aromatic rings. The van der Waals surface area contributed by atoms with E-state index in [-0.39, 0.29) is 12.3 Å². The van der Waals surface area contributed by atoms with Gasteiger partial charge >= 0.3 is 0 Å². The van der Waals surface area contributed by atoms with E-state index in [1.807, 2.05) is 32.0 Å². The summed E-state index contributed by atoms with van der Waals surface area (Å²) in [6.07, 6.45) is 1.71. The fourth-order valence-corrected chi connectivity index (χ4v) is 3.21. The first kappa shape index (κ1) is 20.6. The van der Waals surface area contributed by atoms with Crippen molar-refractivity contribution in [3.05, 3.63) is 89.0 Å². The fraction of sp³-hybridized carbons (Fsp3) is 0.130. The van der Waals surface area contributed by atoms with Crippen LogP contribution < -0.4 is 10.1 Å². The number of amides is 1. The first-order chi connectivity index (χ1) is 15.0. The van der Waals surface area contributed by atoms with Gasteiger partial charge in [-0.2, -0.15) is 5.10 Å². The number of aryl methyl sites for hydroxylation is 2. The number of nitrogens with zero attached hydrogens (tertiary/aromatic N) is 4. The molecule has 0 fully saturated rings. The van der Waals surface area contributed by atoms with Crippen molar-refractivity contribution < 1.29 is 9.53 Å². The number of rotatable bonds is 6. The molecule has 0 spiro atoms. The molecule has 0 aliphatic carbocycles. The quantitative estimate of drug-likeness (QED) is 0.467. The summed E-state index contributed by atoms with van der Waals surface area (Å²) in [7, 11) is 0. The van der Waals surface area contributed by atoms with E-state index >= 15 is 0 Å². The second kappa shape index (κ2) is 8.97. The molecule has 2 aromatic heterocycles. The zero-order valence-electron chi connectivity index (χ0n) is 17.0. The van der Waals surface area contributed by atoms with Gasteiger partial charge in [0.1, 0.15) is 12.1 Å². The van der Waals surface area contributed by atoms with Crippen LogP contribution in [0.4, 0.5) is 5.69 Å². The van der Waals surface area contributed by atoms with E-state index in [1.54, 1.807) is 47.1 Å². The van der Waals surface area contributed by atoms with E-state index < -0.39 is 0 Å². The molecule has 4 rings (SSSR count). The zero-order valence-corrected chi connectivity index (χ0v) is 17.8. The lowest BCUT2D eigenvalue weighted by molar-refractivity contribution is -0.115. The summed E-state index contributed by atoms with van der Waals surface area (Å²) in [5.41, 5.74) is 3.45. The van der Waals surface area contributed by atoms with Gasteiger partial charge in [0.05, 0.1) is 12.1 Å². The third-order valence-electron chi connectivity index (χ3n) is 4.49. The van der Waals surface area contributed by atoms with Crippen molar-refractivity contribution in [1.29, 1.82) is 0 Å². The zero-order chi connectivity index (χ0) is 21.8. The van der Waals surface area contributed by atoms with Crippen molar-refractivity contribution in [1.82, 2.24) is 19.7 Å². The van der Waals surface area contributed by atoms with Gasteiger partial charge in [-0.3, -0.25) is 4.79 Å². The number of nitrogens with one attached hydrogen (secondary N) is 1. The van der Waals surface area contributed by atoms with E-state index in [2.05, 4.69) is 20.4 Å². The van der Waals surface area contributed by atoms with Gasteiger partial charge in [0, 0.05) is 22.5 Å². The number of carbonyl (C=O) groups is 1. The van der Waals surface area contributed by atoms with Crippen LogP contribution in [0, 0.1) is 13.8 Å². The van der Waals surface area contributed by atoms with Crippen LogP contribution in [0.15, 0.2) is 67.0 Å². The van der Waals surface area contributed by atoms with Crippen molar-refractivity contribution in [3.63, 3.8) is 0 Å². The summed E-state index contributed by atoms with van der Waals surface area (Å²) < 4.78 is 7.58. The number of halogens is 1. The fourth-order valence-electron chi connectivity index (χ4n) is 3.08. The van der Waals surface area contributed by atoms with Crippen LogP contribution in [-0.2, 0) is 11.2 Å². The highest BCUT2D eigenvalue weighted by Gasteiger charge is 2.09. The first-order valence-corrected chi connectivity index (χ1v) is 10.0. The molecule has 7 nitrogen and oxygen atoms in total. The molecule has 8 heteroatoms. The van der Waals surface area contributed by atoms with Crippen LogP contribution in [0.25, 0.3) is 5.82 Å². The molecule has 31 heavy (non-hydrogen) atoms. The standard InChI is InChI=1S/C23H20ClN5O2/c1-15-11-16(2)29(28-15)21-13-23(26-14-25-21)31-20-9-7-19(8-10-20)27-22(30)12-17-3-5-18(24)6-4-17/h3-11,13-14H,12H2,1-2H3,(H,27,30). The van der Waals surface area contributed by atoms with Crippen molar-refractivity contribution >= 4 is 23.2 Å². The van der Waals surface area contributed by atoms with Gasteiger partial charge in [0.15, 0.2) is 5.82 Å². The topological polar surface area (TPSA) is 81.9 Å². The van der Waals surface area contributed by atoms with Gasteiger partial charge in [0.2, 0.25) is 11.8 Å². The Morgan fingerprint density at radius 3 is 2.45 bits per heavy atom. The number of hydrogen-bond acceptors (Lipinski definition) is 5. The van der Waals surface area contributed by atoms with E-state index in [0.717, 1.165) is 17.0 Å². The van der Waals surface area contributed by atoms with Gasteiger partial charge in [-0.15, -0.1) is 0 Å². The Morgan fingerprint density at radius 2 is 1.77 bits per heavy atom. The summed E-state index contributed by atoms with van der Waals surface area (Å²) in [6.45, 7) is 3.89. The molecule has 0 aliphatic heterocycles. The normalized spacial score (nSPS) is 10.7. The third-order valence-corrected chi connectivity index (χ3v) is 4.74. The molecule has 1 amide bonds. The van der Waals surface area contributed by atoms with E-state index in [4.69, 9.17) is 16.3 Å². The lowest BCUT2D eigenvalue weighted by Crippen LogP contribution is -2.14. The van der Waals surface area contributed by atoms with Crippen LogP contribution in [0.5, 0.6) is 11.6 Å². The van der Waals surface area contributed by atoms with Crippen molar-refractivity contribution in [2.45, 2.75) is 20.3 Å². The molecule has 0 radical (unpaired) electrons. The summed E-state index contributed by atoms with van der Waals surface area (Å²) in [5, 5.41) is 7.94. The van der Waals surface area contributed by atoms with Crippen LogP contribution in [0.3, 0.4) is 0 Å².